The van der Waals surface area contributed by atoms with Gasteiger partial charge in [-0.05, 0) is 25.2 Å². The highest BCUT2D eigenvalue weighted by molar-refractivity contribution is 7.11. The van der Waals surface area contributed by atoms with Crippen LogP contribution in [0, 0.1) is 5.92 Å². The Bertz CT molecular complexity index is 305. The van der Waals surface area contributed by atoms with Gasteiger partial charge < -0.3 is 5.32 Å². The molecule has 1 rings (SSSR count). The standard InChI is InChI=1S/C13H24N2S/c1-9(2)6-11(5)14-8-13-15-7-12(16-13)10(3)4/h7,9-11,14H,6,8H2,1-5H3. The molecule has 0 saturated heterocycles. The van der Waals surface area contributed by atoms with E-state index in [9.17, 15) is 0 Å². The van der Waals surface area contributed by atoms with Crippen LogP contribution in [0.3, 0.4) is 0 Å². The number of thiazole rings is 1. The van der Waals surface area contributed by atoms with Gasteiger partial charge in [0.2, 0.25) is 0 Å². The number of hydrogen-bond acceptors (Lipinski definition) is 3. The predicted octanol–water partition coefficient (Wildman–Crippen LogP) is 3.79. The van der Waals surface area contributed by atoms with Gasteiger partial charge in [0.25, 0.3) is 0 Å². The van der Waals surface area contributed by atoms with Crippen molar-refractivity contribution >= 4 is 11.3 Å². The van der Waals surface area contributed by atoms with Crippen LogP contribution in [0.15, 0.2) is 6.20 Å². The summed E-state index contributed by atoms with van der Waals surface area (Å²) in [5, 5.41) is 4.74. The van der Waals surface area contributed by atoms with Crippen molar-refractivity contribution < 1.29 is 0 Å². The molecule has 16 heavy (non-hydrogen) atoms. The highest BCUT2D eigenvalue weighted by Crippen LogP contribution is 2.21. The highest BCUT2D eigenvalue weighted by Gasteiger charge is 2.08. The molecule has 1 aromatic heterocycles. The Balaban J connectivity index is 2.36. The third kappa shape index (κ3) is 4.62. The lowest BCUT2D eigenvalue weighted by molar-refractivity contribution is 0.441. The molecule has 0 saturated carbocycles. The van der Waals surface area contributed by atoms with Crippen LogP contribution in [-0.4, -0.2) is 11.0 Å². The molecule has 92 valence electrons. The van der Waals surface area contributed by atoms with Crippen molar-refractivity contribution in [3.8, 4) is 0 Å². The maximum absolute atomic E-state index is 4.44. The lowest BCUT2D eigenvalue weighted by Crippen LogP contribution is -2.26. The summed E-state index contributed by atoms with van der Waals surface area (Å²) in [6, 6.07) is 0.575. The monoisotopic (exact) mass is 240 g/mol. The maximum Gasteiger partial charge on any atom is 0.107 e. The Morgan fingerprint density at radius 1 is 1.25 bits per heavy atom. The first kappa shape index (κ1) is 13.7. The second-order valence-electron chi connectivity index (χ2n) is 5.22. The molecule has 0 spiro atoms. The summed E-state index contributed by atoms with van der Waals surface area (Å²) in [7, 11) is 0. The zero-order valence-electron chi connectivity index (χ0n) is 11.1. The van der Waals surface area contributed by atoms with Gasteiger partial charge in [-0.15, -0.1) is 11.3 Å². The molecule has 1 heterocycles. The van der Waals surface area contributed by atoms with Gasteiger partial charge in [0, 0.05) is 23.7 Å². The molecule has 0 bridgehead atoms. The van der Waals surface area contributed by atoms with Gasteiger partial charge in [-0.25, -0.2) is 4.98 Å². The average molecular weight is 240 g/mol. The van der Waals surface area contributed by atoms with E-state index < -0.39 is 0 Å². The fraction of sp³-hybridized carbons (Fsp3) is 0.769. The number of aromatic nitrogens is 1. The molecule has 2 nitrogen and oxygen atoms in total. The predicted molar refractivity (Wildman–Crippen MR) is 72.0 cm³/mol. The molecule has 0 aromatic carbocycles. The van der Waals surface area contributed by atoms with Crippen LogP contribution < -0.4 is 5.32 Å². The third-order valence-electron chi connectivity index (χ3n) is 2.57. The molecule has 0 radical (unpaired) electrons. The second kappa shape index (κ2) is 6.36. The lowest BCUT2D eigenvalue weighted by atomic mass is 10.1. The van der Waals surface area contributed by atoms with Crippen molar-refractivity contribution in [2.75, 3.05) is 0 Å². The van der Waals surface area contributed by atoms with E-state index in [0.29, 0.717) is 12.0 Å². The number of rotatable bonds is 6. The minimum Gasteiger partial charge on any atom is -0.308 e. The zero-order valence-corrected chi connectivity index (χ0v) is 11.9. The Morgan fingerprint density at radius 2 is 1.94 bits per heavy atom. The number of nitrogens with one attached hydrogen (secondary N) is 1. The molecule has 0 aliphatic heterocycles. The first-order valence-corrected chi connectivity index (χ1v) is 6.98. The number of nitrogens with zero attached hydrogens (tertiary/aromatic N) is 1. The Morgan fingerprint density at radius 3 is 2.44 bits per heavy atom. The van der Waals surface area contributed by atoms with Crippen LogP contribution >= 0.6 is 11.3 Å². The second-order valence-corrected chi connectivity index (χ2v) is 6.37. The van der Waals surface area contributed by atoms with Gasteiger partial charge in [0.05, 0.1) is 0 Å². The van der Waals surface area contributed by atoms with Crippen molar-refractivity contribution in [2.45, 2.75) is 59.5 Å². The van der Waals surface area contributed by atoms with E-state index in [0.717, 1.165) is 12.5 Å². The molecular weight excluding hydrogens is 216 g/mol. The normalized spacial score (nSPS) is 13.7. The molecule has 0 amide bonds. The average Bonchev–Trinajstić information content (AvgIpc) is 2.61. The van der Waals surface area contributed by atoms with Crippen LogP contribution in [-0.2, 0) is 6.54 Å². The highest BCUT2D eigenvalue weighted by atomic mass is 32.1. The SMILES string of the molecule is CC(C)CC(C)NCc1ncc(C(C)C)s1. The van der Waals surface area contributed by atoms with E-state index in [2.05, 4.69) is 44.9 Å². The molecule has 1 N–H and O–H groups in total. The van der Waals surface area contributed by atoms with Gasteiger partial charge in [-0.3, -0.25) is 0 Å². The summed E-state index contributed by atoms with van der Waals surface area (Å²) in [4.78, 5) is 5.83. The van der Waals surface area contributed by atoms with Crippen LogP contribution in [0.2, 0.25) is 0 Å². The molecule has 0 aliphatic rings. The summed E-state index contributed by atoms with van der Waals surface area (Å²) in [5.74, 6) is 1.35. The largest absolute Gasteiger partial charge is 0.308 e. The Hall–Kier alpha value is -0.410. The van der Waals surface area contributed by atoms with E-state index >= 15 is 0 Å². The summed E-state index contributed by atoms with van der Waals surface area (Å²) < 4.78 is 0. The van der Waals surface area contributed by atoms with E-state index in [1.54, 1.807) is 0 Å². The van der Waals surface area contributed by atoms with Crippen molar-refractivity contribution in [3.63, 3.8) is 0 Å². The third-order valence-corrected chi connectivity index (χ3v) is 3.87. The van der Waals surface area contributed by atoms with E-state index in [1.165, 1.54) is 16.3 Å². The van der Waals surface area contributed by atoms with Gasteiger partial charge in [0.15, 0.2) is 0 Å². The Labute approximate surface area is 103 Å². The molecule has 1 unspecified atom stereocenters. The molecule has 3 heteroatoms. The zero-order chi connectivity index (χ0) is 12.1. The summed E-state index contributed by atoms with van der Waals surface area (Å²) in [5.41, 5.74) is 0. The topological polar surface area (TPSA) is 24.9 Å². The summed E-state index contributed by atoms with van der Waals surface area (Å²) in [6.07, 6.45) is 3.24. The fourth-order valence-corrected chi connectivity index (χ4v) is 2.60. The van der Waals surface area contributed by atoms with E-state index in [1.807, 2.05) is 17.5 Å². The van der Waals surface area contributed by atoms with Crippen LogP contribution in [0.1, 0.15) is 56.8 Å². The Kier molecular flexibility index (Phi) is 5.42. The van der Waals surface area contributed by atoms with Gasteiger partial charge in [-0.2, -0.15) is 0 Å². The van der Waals surface area contributed by atoms with Crippen LogP contribution in [0.25, 0.3) is 0 Å². The lowest BCUT2D eigenvalue weighted by Gasteiger charge is -2.14. The van der Waals surface area contributed by atoms with Crippen molar-refractivity contribution in [1.29, 1.82) is 0 Å². The fourth-order valence-electron chi connectivity index (χ4n) is 1.72. The van der Waals surface area contributed by atoms with E-state index in [4.69, 9.17) is 0 Å². The van der Waals surface area contributed by atoms with Crippen LogP contribution in [0.4, 0.5) is 0 Å². The molecule has 0 fully saturated rings. The minimum atomic E-state index is 0.575. The van der Waals surface area contributed by atoms with Crippen molar-refractivity contribution in [2.24, 2.45) is 5.92 Å². The van der Waals surface area contributed by atoms with Gasteiger partial charge in [-0.1, -0.05) is 27.7 Å². The number of hydrogen-bond donors (Lipinski definition) is 1. The first-order chi connectivity index (χ1) is 7.49. The smallest absolute Gasteiger partial charge is 0.107 e. The van der Waals surface area contributed by atoms with Crippen molar-refractivity contribution in [1.82, 2.24) is 10.3 Å². The summed E-state index contributed by atoms with van der Waals surface area (Å²) >= 11 is 1.83. The van der Waals surface area contributed by atoms with Gasteiger partial charge in [0.1, 0.15) is 5.01 Å². The quantitative estimate of drug-likeness (QED) is 0.818. The van der Waals surface area contributed by atoms with Gasteiger partial charge >= 0.3 is 0 Å². The van der Waals surface area contributed by atoms with E-state index in [-0.39, 0.29) is 0 Å². The summed E-state index contributed by atoms with van der Waals surface area (Å²) in [6.45, 7) is 12.1. The molecule has 0 aliphatic carbocycles. The van der Waals surface area contributed by atoms with Crippen molar-refractivity contribution in [3.05, 3.63) is 16.1 Å². The minimum absolute atomic E-state index is 0.575. The first-order valence-electron chi connectivity index (χ1n) is 6.17. The van der Waals surface area contributed by atoms with Crippen LogP contribution in [0.5, 0.6) is 0 Å². The molecule has 1 atom stereocenters. The molecule has 1 aromatic rings. The maximum atomic E-state index is 4.44. The molecular formula is C13H24N2S.